The molecule has 0 fully saturated rings. The lowest BCUT2D eigenvalue weighted by molar-refractivity contribution is 0.262. The van der Waals surface area contributed by atoms with Crippen molar-refractivity contribution in [3.63, 3.8) is 0 Å². The van der Waals surface area contributed by atoms with Crippen molar-refractivity contribution in [2.24, 2.45) is 0 Å². The molecule has 6 nitrogen and oxygen atoms in total. The molecule has 0 atom stereocenters. The van der Waals surface area contributed by atoms with Crippen LogP contribution in [0.15, 0.2) is 42.5 Å². The van der Waals surface area contributed by atoms with Crippen LogP contribution in [0.4, 0.5) is 16.2 Å². The van der Waals surface area contributed by atoms with Crippen molar-refractivity contribution in [2.75, 3.05) is 17.7 Å². The van der Waals surface area contributed by atoms with Gasteiger partial charge in [-0.15, -0.1) is 0 Å². The lowest BCUT2D eigenvalue weighted by Gasteiger charge is -2.11. The number of hydrogen-bond acceptors (Lipinski definition) is 4. The number of carbonyl (C=O) groups excluding carboxylic acids is 1. The maximum Gasteiger partial charge on any atom is 0.323 e. The van der Waals surface area contributed by atoms with Crippen molar-refractivity contribution in [3.05, 3.63) is 42.5 Å². The van der Waals surface area contributed by atoms with Crippen LogP contribution in [0.1, 0.15) is 0 Å². The summed E-state index contributed by atoms with van der Waals surface area (Å²) in [4.78, 5) is 11.8. The third kappa shape index (κ3) is 3.32. The molecule has 0 aliphatic carbocycles. The fraction of sp³-hybridized carbons (Fsp3) is 0.0714. The van der Waals surface area contributed by atoms with Gasteiger partial charge in [-0.1, -0.05) is 12.1 Å². The predicted molar refractivity (Wildman–Crippen MR) is 75.4 cm³/mol. The Labute approximate surface area is 115 Å². The smallest absolute Gasteiger partial charge is 0.323 e. The quantitative estimate of drug-likeness (QED) is 0.692. The number of hydrogen-bond donors (Lipinski definition) is 4. The first-order chi connectivity index (χ1) is 9.58. The van der Waals surface area contributed by atoms with Crippen LogP contribution in [-0.2, 0) is 0 Å². The number of phenols is 2. The van der Waals surface area contributed by atoms with E-state index < -0.39 is 6.03 Å². The van der Waals surface area contributed by atoms with Gasteiger partial charge in [-0.05, 0) is 12.1 Å². The van der Waals surface area contributed by atoms with Gasteiger partial charge in [0.1, 0.15) is 17.2 Å². The van der Waals surface area contributed by atoms with Crippen LogP contribution < -0.4 is 15.4 Å². The van der Waals surface area contributed by atoms with Gasteiger partial charge < -0.3 is 25.6 Å². The van der Waals surface area contributed by atoms with Crippen molar-refractivity contribution >= 4 is 17.4 Å². The van der Waals surface area contributed by atoms with Gasteiger partial charge >= 0.3 is 6.03 Å². The fourth-order valence-corrected chi connectivity index (χ4v) is 1.70. The van der Waals surface area contributed by atoms with E-state index >= 15 is 0 Å². The number of amides is 2. The Morgan fingerprint density at radius 2 is 1.70 bits per heavy atom. The zero-order valence-electron chi connectivity index (χ0n) is 10.8. The summed E-state index contributed by atoms with van der Waals surface area (Å²) in [7, 11) is 1.51. The average molecular weight is 274 g/mol. The second-order valence-electron chi connectivity index (χ2n) is 4.02. The van der Waals surface area contributed by atoms with Crippen LogP contribution in [-0.4, -0.2) is 23.4 Å². The number of anilines is 2. The zero-order valence-corrected chi connectivity index (χ0v) is 10.8. The molecule has 2 rings (SSSR count). The number of benzene rings is 2. The number of para-hydroxylation sites is 2. The Hall–Kier alpha value is -2.89. The van der Waals surface area contributed by atoms with Gasteiger partial charge in [0.2, 0.25) is 0 Å². The van der Waals surface area contributed by atoms with E-state index in [1.165, 1.54) is 25.3 Å². The molecule has 2 aromatic rings. The molecule has 2 aromatic carbocycles. The highest BCUT2D eigenvalue weighted by molar-refractivity contribution is 6.00. The predicted octanol–water partition coefficient (Wildman–Crippen LogP) is 2.75. The Kier molecular flexibility index (Phi) is 3.95. The van der Waals surface area contributed by atoms with E-state index in [-0.39, 0.29) is 17.2 Å². The standard InChI is InChI=1S/C14H14N2O4/c1-20-13-5-3-2-4-12(13)16-14(19)15-9-6-10(17)8-11(18)7-9/h2-8,17-18H,1H3,(H2,15,16,19). The van der Waals surface area contributed by atoms with Crippen LogP contribution in [0.5, 0.6) is 17.2 Å². The number of phenolic OH excluding ortho intramolecular Hbond substituents is 2. The highest BCUT2D eigenvalue weighted by Gasteiger charge is 2.08. The number of rotatable bonds is 3. The number of carbonyl (C=O) groups is 1. The van der Waals surface area contributed by atoms with Crippen molar-refractivity contribution in [1.29, 1.82) is 0 Å². The van der Waals surface area contributed by atoms with E-state index in [9.17, 15) is 15.0 Å². The summed E-state index contributed by atoms with van der Waals surface area (Å²) in [6, 6.07) is 10.3. The minimum Gasteiger partial charge on any atom is -0.508 e. The largest absolute Gasteiger partial charge is 0.508 e. The van der Waals surface area contributed by atoms with E-state index in [4.69, 9.17) is 4.74 Å². The van der Waals surface area contributed by atoms with Gasteiger partial charge in [0, 0.05) is 23.9 Å². The third-order valence-electron chi connectivity index (χ3n) is 2.52. The highest BCUT2D eigenvalue weighted by atomic mass is 16.5. The first kappa shape index (κ1) is 13.5. The number of methoxy groups -OCH3 is 1. The molecule has 0 heterocycles. The second kappa shape index (κ2) is 5.83. The molecule has 0 spiro atoms. The molecule has 0 saturated heterocycles. The number of nitrogens with one attached hydrogen (secondary N) is 2. The molecule has 0 aromatic heterocycles. The maximum absolute atomic E-state index is 11.8. The molecule has 4 N–H and O–H groups in total. The molecule has 6 heteroatoms. The Balaban J connectivity index is 2.09. The Morgan fingerprint density at radius 3 is 2.35 bits per heavy atom. The first-order valence-electron chi connectivity index (χ1n) is 5.82. The van der Waals surface area contributed by atoms with Crippen LogP contribution in [0.3, 0.4) is 0 Å². The molecular weight excluding hydrogens is 260 g/mol. The van der Waals surface area contributed by atoms with E-state index in [2.05, 4.69) is 10.6 Å². The number of ether oxygens (including phenoxy) is 1. The summed E-state index contributed by atoms with van der Waals surface area (Å²) < 4.78 is 5.11. The van der Waals surface area contributed by atoms with Crippen molar-refractivity contribution in [1.82, 2.24) is 0 Å². The lowest BCUT2D eigenvalue weighted by Crippen LogP contribution is -2.19. The summed E-state index contributed by atoms with van der Waals surface area (Å²) in [5, 5.41) is 23.8. The summed E-state index contributed by atoms with van der Waals surface area (Å²) in [6.07, 6.45) is 0. The first-order valence-corrected chi connectivity index (χ1v) is 5.82. The van der Waals surface area contributed by atoms with Crippen molar-refractivity contribution in [2.45, 2.75) is 0 Å². The van der Waals surface area contributed by atoms with Crippen LogP contribution in [0, 0.1) is 0 Å². The minimum atomic E-state index is -0.514. The van der Waals surface area contributed by atoms with Crippen LogP contribution >= 0.6 is 0 Å². The van der Waals surface area contributed by atoms with E-state index in [1.807, 2.05) is 0 Å². The minimum absolute atomic E-state index is 0.141. The molecule has 20 heavy (non-hydrogen) atoms. The second-order valence-corrected chi connectivity index (χ2v) is 4.02. The van der Waals surface area contributed by atoms with Gasteiger partial charge in [-0.25, -0.2) is 4.79 Å². The molecule has 0 radical (unpaired) electrons. The van der Waals surface area contributed by atoms with Crippen LogP contribution in [0.2, 0.25) is 0 Å². The highest BCUT2D eigenvalue weighted by Crippen LogP contribution is 2.25. The zero-order chi connectivity index (χ0) is 14.5. The third-order valence-corrected chi connectivity index (χ3v) is 2.52. The maximum atomic E-state index is 11.8. The monoisotopic (exact) mass is 274 g/mol. The average Bonchev–Trinajstić information content (AvgIpc) is 2.37. The summed E-state index contributed by atoms with van der Waals surface area (Å²) in [5.74, 6) is 0.247. The molecule has 0 aliphatic rings. The topological polar surface area (TPSA) is 90.8 Å². The van der Waals surface area contributed by atoms with E-state index in [0.717, 1.165) is 0 Å². The molecule has 0 aliphatic heterocycles. The molecule has 2 amide bonds. The number of urea groups is 1. The molecule has 0 saturated carbocycles. The summed E-state index contributed by atoms with van der Waals surface area (Å²) in [6.45, 7) is 0. The van der Waals surface area contributed by atoms with Crippen molar-refractivity contribution in [3.8, 4) is 17.2 Å². The van der Waals surface area contributed by atoms with Crippen LogP contribution in [0.25, 0.3) is 0 Å². The van der Waals surface area contributed by atoms with E-state index in [0.29, 0.717) is 11.4 Å². The molecule has 0 unspecified atom stereocenters. The van der Waals surface area contributed by atoms with Gasteiger partial charge in [0.05, 0.1) is 12.8 Å². The molecule has 0 bridgehead atoms. The Morgan fingerprint density at radius 1 is 1.05 bits per heavy atom. The fourth-order valence-electron chi connectivity index (χ4n) is 1.70. The summed E-state index contributed by atoms with van der Waals surface area (Å²) in [5.41, 5.74) is 0.784. The lowest BCUT2D eigenvalue weighted by atomic mass is 10.3. The van der Waals surface area contributed by atoms with Gasteiger partial charge in [-0.3, -0.25) is 0 Å². The van der Waals surface area contributed by atoms with Gasteiger partial charge in [0.25, 0.3) is 0 Å². The number of aromatic hydroxyl groups is 2. The Bertz CT molecular complexity index is 608. The molecular formula is C14H14N2O4. The van der Waals surface area contributed by atoms with Crippen molar-refractivity contribution < 1.29 is 19.7 Å². The SMILES string of the molecule is COc1ccccc1NC(=O)Nc1cc(O)cc(O)c1. The van der Waals surface area contributed by atoms with E-state index in [1.54, 1.807) is 24.3 Å². The molecule has 104 valence electrons. The van der Waals surface area contributed by atoms with Gasteiger partial charge in [0.15, 0.2) is 0 Å². The summed E-state index contributed by atoms with van der Waals surface area (Å²) >= 11 is 0. The normalized spacial score (nSPS) is 9.85. The van der Waals surface area contributed by atoms with Gasteiger partial charge in [-0.2, -0.15) is 0 Å².